The average Bonchev–Trinajstić information content (AvgIpc) is 2.37. The van der Waals surface area contributed by atoms with Gasteiger partial charge in [-0.1, -0.05) is 29.3 Å². The predicted octanol–water partition coefficient (Wildman–Crippen LogP) is 4.42. The number of aliphatic hydroxyl groups excluding tert-OH is 1. The Bertz CT molecular complexity index is 617. The fourth-order valence-corrected chi connectivity index (χ4v) is 2.41. The number of rotatable bonds is 4. The van der Waals surface area contributed by atoms with Crippen molar-refractivity contribution in [1.82, 2.24) is 0 Å². The van der Waals surface area contributed by atoms with Gasteiger partial charge < -0.3 is 5.11 Å². The maximum atomic E-state index is 13.6. The van der Waals surface area contributed by atoms with E-state index in [1.807, 2.05) is 0 Å². The monoisotopic (exact) mass is 316 g/mol. The Hall–Kier alpha value is -1.16. The van der Waals surface area contributed by atoms with Crippen molar-refractivity contribution in [2.24, 2.45) is 0 Å². The van der Waals surface area contributed by atoms with Crippen molar-refractivity contribution >= 4 is 23.2 Å². The lowest BCUT2D eigenvalue weighted by atomic mass is 10.0. The largest absolute Gasteiger partial charge is 0.392 e. The number of hydrogen-bond donors (Lipinski definition) is 1. The van der Waals surface area contributed by atoms with E-state index in [1.165, 1.54) is 36.4 Å². The van der Waals surface area contributed by atoms with E-state index >= 15 is 0 Å². The molecular weight excluding hydrogens is 305 g/mol. The fourth-order valence-electron chi connectivity index (χ4n) is 1.97. The Morgan fingerprint density at radius 3 is 2.35 bits per heavy atom. The van der Waals surface area contributed by atoms with E-state index < -0.39 is 17.7 Å². The Labute approximate surface area is 125 Å². The molecule has 1 atom stereocenters. The molecule has 0 aliphatic carbocycles. The zero-order chi connectivity index (χ0) is 14.7. The van der Waals surface area contributed by atoms with Crippen molar-refractivity contribution in [3.05, 3.63) is 69.2 Å². The summed E-state index contributed by atoms with van der Waals surface area (Å²) in [5.74, 6) is -0.854. The van der Waals surface area contributed by atoms with E-state index in [9.17, 15) is 13.9 Å². The first-order valence-corrected chi connectivity index (χ1v) is 6.77. The summed E-state index contributed by atoms with van der Waals surface area (Å²) in [7, 11) is 0. The molecular formula is C15H12Cl2F2O. The molecule has 20 heavy (non-hydrogen) atoms. The van der Waals surface area contributed by atoms with Crippen LogP contribution in [0.25, 0.3) is 0 Å². The van der Waals surface area contributed by atoms with E-state index in [0.29, 0.717) is 16.1 Å². The summed E-state index contributed by atoms with van der Waals surface area (Å²) in [6.07, 6.45) is -0.503. The first-order valence-electron chi connectivity index (χ1n) is 6.01. The second kappa shape index (κ2) is 6.53. The van der Waals surface area contributed by atoms with Gasteiger partial charge in [-0.2, -0.15) is 0 Å². The van der Waals surface area contributed by atoms with Gasteiger partial charge >= 0.3 is 0 Å². The van der Waals surface area contributed by atoms with Crippen molar-refractivity contribution in [2.75, 3.05) is 0 Å². The summed E-state index contributed by atoms with van der Waals surface area (Å²) in [6.45, 7) is 0. The standard InChI is InChI=1S/C15H12Cl2F2O/c16-11-2-4-15(19)10(5-11)7-13(20)6-9-1-3-12(18)8-14(9)17/h1-5,8,13,20H,6-7H2. The summed E-state index contributed by atoms with van der Waals surface area (Å²) < 4.78 is 26.5. The molecule has 106 valence electrons. The second-order valence-electron chi connectivity index (χ2n) is 4.53. The molecule has 1 unspecified atom stereocenters. The van der Waals surface area contributed by atoms with Crippen molar-refractivity contribution in [3.63, 3.8) is 0 Å². The van der Waals surface area contributed by atoms with Crippen molar-refractivity contribution in [2.45, 2.75) is 18.9 Å². The lowest BCUT2D eigenvalue weighted by molar-refractivity contribution is 0.174. The normalized spacial score (nSPS) is 12.4. The smallest absolute Gasteiger partial charge is 0.126 e. The van der Waals surface area contributed by atoms with Gasteiger partial charge in [0.15, 0.2) is 0 Å². The minimum Gasteiger partial charge on any atom is -0.392 e. The first kappa shape index (κ1) is 15.2. The molecule has 0 fully saturated rings. The molecule has 0 bridgehead atoms. The van der Waals surface area contributed by atoms with Crippen LogP contribution in [0.4, 0.5) is 8.78 Å². The summed E-state index contributed by atoms with van der Waals surface area (Å²) in [5.41, 5.74) is 0.950. The molecule has 2 aromatic carbocycles. The number of halogens is 4. The van der Waals surface area contributed by atoms with Crippen LogP contribution in [0.5, 0.6) is 0 Å². The highest BCUT2D eigenvalue weighted by molar-refractivity contribution is 6.31. The minimum atomic E-state index is -0.828. The van der Waals surface area contributed by atoms with E-state index in [1.54, 1.807) is 0 Å². The topological polar surface area (TPSA) is 20.2 Å². The Morgan fingerprint density at radius 2 is 1.65 bits per heavy atom. The molecule has 2 rings (SSSR count). The maximum Gasteiger partial charge on any atom is 0.126 e. The third-order valence-corrected chi connectivity index (χ3v) is 3.52. The summed E-state index contributed by atoms with van der Waals surface area (Å²) >= 11 is 11.7. The van der Waals surface area contributed by atoms with Crippen LogP contribution in [0.3, 0.4) is 0 Å². The van der Waals surface area contributed by atoms with Crippen LogP contribution in [0.1, 0.15) is 11.1 Å². The molecule has 0 aliphatic rings. The van der Waals surface area contributed by atoms with Gasteiger partial charge in [0.1, 0.15) is 11.6 Å². The van der Waals surface area contributed by atoms with Gasteiger partial charge in [0.2, 0.25) is 0 Å². The number of hydrogen-bond acceptors (Lipinski definition) is 1. The van der Waals surface area contributed by atoms with E-state index in [4.69, 9.17) is 23.2 Å². The van der Waals surface area contributed by atoms with Gasteiger partial charge in [0, 0.05) is 22.9 Å². The van der Waals surface area contributed by atoms with Crippen LogP contribution >= 0.6 is 23.2 Å². The molecule has 5 heteroatoms. The van der Waals surface area contributed by atoms with E-state index in [-0.39, 0.29) is 17.9 Å². The summed E-state index contributed by atoms with van der Waals surface area (Å²) in [5, 5.41) is 10.7. The van der Waals surface area contributed by atoms with Crippen LogP contribution in [0.2, 0.25) is 10.0 Å². The molecule has 0 spiro atoms. The summed E-state index contributed by atoms with van der Waals surface area (Å²) in [6, 6.07) is 8.15. The van der Waals surface area contributed by atoms with Crippen LogP contribution < -0.4 is 0 Å². The predicted molar refractivity (Wildman–Crippen MR) is 76.2 cm³/mol. The van der Waals surface area contributed by atoms with Crippen LogP contribution in [-0.2, 0) is 12.8 Å². The van der Waals surface area contributed by atoms with Crippen molar-refractivity contribution < 1.29 is 13.9 Å². The maximum absolute atomic E-state index is 13.6. The molecule has 2 aromatic rings. The Morgan fingerprint density at radius 1 is 0.950 bits per heavy atom. The molecule has 1 N–H and O–H groups in total. The molecule has 0 saturated heterocycles. The molecule has 0 aliphatic heterocycles. The molecule has 0 saturated carbocycles. The third kappa shape index (κ3) is 3.92. The van der Waals surface area contributed by atoms with Crippen LogP contribution in [0, 0.1) is 11.6 Å². The van der Waals surface area contributed by atoms with Gasteiger partial charge in [-0.05, 0) is 41.5 Å². The van der Waals surface area contributed by atoms with E-state index in [2.05, 4.69) is 0 Å². The molecule has 0 amide bonds. The second-order valence-corrected chi connectivity index (χ2v) is 5.38. The van der Waals surface area contributed by atoms with Gasteiger partial charge in [0.05, 0.1) is 6.10 Å². The molecule has 0 heterocycles. The Kier molecular flexibility index (Phi) is 4.97. The van der Waals surface area contributed by atoms with Gasteiger partial charge in [-0.25, -0.2) is 8.78 Å². The highest BCUT2D eigenvalue weighted by Gasteiger charge is 2.13. The Balaban J connectivity index is 2.08. The van der Waals surface area contributed by atoms with Crippen molar-refractivity contribution in [3.8, 4) is 0 Å². The van der Waals surface area contributed by atoms with Gasteiger partial charge in [0.25, 0.3) is 0 Å². The lowest BCUT2D eigenvalue weighted by Crippen LogP contribution is -2.15. The quantitative estimate of drug-likeness (QED) is 0.885. The van der Waals surface area contributed by atoms with E-state index in [0.717, 1.165) is 0 Å². The third-order valence-electron chi connectivity index (χ3n) is 2.93. The lowest BCUT2D eigenvalue weighted by Gasteiger charge is -2.13. The van der Waals surface area contributed by atoms with Crippen molar-refractivity contribution in [1.29, 1.82) is 0 Å². The average molecular weight is 317 g/mol. The SMILES string of the molecule is OC(Cc1cc(Cl)ccc1F)Cc1ccc(F)cc1Cl. The highest BCUT2D eigenvalue weighted by Crippen LogP contribution is 2.21. The van der Waals surface area contributed by atoms with Gasteiger partial charge in [-0.15, -0.1) is 0 Å². The van der Waals surface area contributed by atoms with Crippen LogP contribution in [-0.4, -0.2) is 11.2 Å². The molecule has 0 radical (unpaired) electrons. The summed E-state index contributed by atoms with van der Waals surface area (Å²) in [4.78, 5) is 0. The number of aliphatic hydroxyl groups is 1. The molecule has 1 nitrogen and oxygen atoms in total. The fraction of sp³-hybridized carbons (Fsp3) is 0.200. The van der Waals surface area contributed by atoms with Gasteiger partial charge in [-0.3, -0.25) is 0 Å². The zero-order valence-corrected chi connectivity index (χ0v) is 11.9. The first-order chi connectivity index (χ1) is 9.45. The number of benzene rings is 2. The molecule has 0 aromatic heterocycles. The highest BCUT2D eigenvalue weighted by atomic mass is 35.5. The minimum absolute atomic E-state index is 0.111. The zero-order valence-electron chi connectivity index (χ0n) is 10.4. The van der Waals surface area contributed by atoms with Crippen LogP contribution in [0.15, 0.2) is 36.4 Å².